The van der Waals surface area contributed by atoms with Crippen LogP contribution >= 0.6 is 0 Å². The molecule has 0 unspecified atom stereocenters. The van der Waals surface area contributed by atoms with Crippen LogP contribution in [0.25, 0.3) is 21.8 Å². The van der Waals surface area contributed by atoms with Crippen molar-refractivity contribution < 1.29 is 52.6 Å². The molecule has 13 heteroatoms. The van der Waals surface area contributed by atoms with Crippen LogP contribution in [0.1, 0.15) is 0 Å². The molecule has 0 aliphatic carbocycles. The van der Waals surface area contributed by atoms with Gasteiger partial charge in [0.15, 0.2) is 0 Å². The summed E-state index contributed by atoms with van der Waals surface area (Å²) < 4.78 is 65.4. The number of hydrogen-bond acceptors (Lipinski definition) is 10. The first-order chi connectivity index (χ1) is 14.0. The molecule has 166 valence electrons. The number of aromatic hydroxyl groups is 2. The van der Waals surface area contributed by atoms with Crippen LogP contribution in [0.2, 0.25) is 0 Å². The first kappa shape index (κ1) is 24.4. The second-order valence-corrected chi connectivity index (χ2v) is 8.57. The second kappa shape index (κ2) is 9.12. The van der Waals surface area contributed by atoms with Crippen molar-refractivity contribution >= 4 is 42.0 Å². The number of nitrogens with zero attached hydrogens (tertiary/aromatic N) is 2. The molecule has 2 aromatic carbocycles. The summed E-state index contributed by atoms with van der Waals surface area (Å²) in [5, 5.41) is 19.1. The molecule has 0 radical (unpaired) electrons. The Bertz CT molecular complexity index is 1360. The molecule has 0 aliphatic heterocycles. The standard InChI is InChI=1S/2C9H7NO4S.Ni/c2*11-7-3-4-8(15(12,13)14)6-2-1-5-10-9(6)7;/h2*1-5,11H,(H,12,13,14);/p-2. The van der Waals surface area contributed by atoms with E-state index in [1.165, 1.54) is 36.7 Å². The smallest absolute Gasteiger partial charge is 0.141 e. The van der Waals surface area contributed by atoms with Crippen molar-refractivity contribution in [1.29, 1.82) is 0 Å². The number of rotatable bonds is 2. The van der Waals surface area contributed by atoms with E-state index < -0.39 is 20.2 Å². The van der Waals surface area contributed by atoms with Gasteiger partial charge in [0.2, 0.25) is 0 Å². The van der Waals surface area contributed by atoms with Crippen molar-refractivity contribution in [2.75, 3.05) is 0 Å². The molecule has 0 aliphatic rings. The second-order valence-electron chi connectivity index (χ2n) is 5.87. The molecule has 0 atom stereocenters. The summed E-state index contributed by atoms with van der Waals surface area (Å²) in [5.41, 5.74) is 0.212. The Balaban J connectivity index is 0.000000213. The Hall–Kier alpha value is -2.83. The largest absolute Gasteiger partial charge is 0.744 e. The van der Waals surface area contributed by atoms with Gasteiger partial charge >= 0.3 is 0 Å². The molecule has 0 fully saturated rings. The van der Waals surface area contributed by atoms with Gasteiger partial charge in [-0.25, -0.2) is 16.8 Å². The normalized spacial score (nSPS) is 11.4. The summed E-state index contributed by atoms with van der Waals surface area (Å²) in [7, 11) is -9.09. The molecule has 0 saturated carbocycles. The van der Waals surface area contributed by atoms with Crippen LogP contribution in [-0.4, -0.2) is 46.1 Å². The van der Waals surface area contributed by atoms with Gasteiger partial charge in [0.25, 0.3) is 0 Å². The number of aromatic nitrogens is 2. The Morgan fingerprint density at radius 3 is 1.32 bits per heavy atom. The molecule has 2 N–H and O–H groups in total. The summed E-state index contributed by atoms with van der Waals surface area (Å²) in [4.78, 5) is 6.86. The average Bonchev–Trinajstić information content (AvgIpc) is 2.67. The summed E-state index contributed by atoms with van der Waals surface area (Å²) in [6.45, 7) is 0. The fourth-order valence-corrected chi connectivity index (χ4v) is 4.04. The fourth-order valence-electron chi connectivity index (χ4n) is 2.70. The van der Waals surface area contributed by atoms with Gasteiger partial charge in [-0.3, -0.25) is 9.97 Å². The Morgan fingerprint density at radius 1 is 0.645 bits per heavy atom. The van der Waals surface area contributed by atoms with Gasteiger partial charge in [-0.15, -0.1) is 0 Å². The topological polar surface area (TPSA) is 181 Å². The zero-order valence-corrected chi connectivity index (χ0v) is 17.8. The van der Waals surface area contributed by atoms with Crippen molar-refractivity contribution in [3.63, 3.8) is 0 Å². The van der Waals surface area contributed by atoms with E-state index in [4.69, 9.17) is 0 Å². The van der Waals surface area contributed by atoms with E-state index in [0.29, 0.717) is 0 Å². The van der Waals surface area contributed by atoms with Crippen LogP contribution in [0.15, 0.2) is 70.7 Å². The minimum absolute atomic E-state index is 0. The predicted molar refractivity (Wildman–Crippen MR) is 103 cm³/mol. The number of hydrogen-bond donors (Lipinski definition) is 2. The van der Waals surface area contributed by atoms with E-state index in [9.17, 15) is 36.2 Å². The summed E-state index contributed by atoms with van der Waals surface area (Å²) in [6.07, 6.45) is 2.81. The molecular weight excluding hydrogens is 495 g/mol. The van der Waals surface area contributed by atoms with E-state index in [1.54, 1.807) is 0 Å². The van der Waals surface area contributed by atoms with Crippen LogP contribution in [0.3, 0.4) is 0 Å². The van der Waals surface area contributed by atoms with Gasteiger partial charge in [0, 0.05) is 39.7 Å². The van der Waals surface area contributed by atoms with Crippen molar-refractivity contribution in [1.82, 2.24) is 9.97 Å². The van der Waals surface area contributed by atoms with E-state index in [1.807, 2.05) is 0 Å². The monoisotopic (exact) mass is 506 g/mol. The molecule has 2 aromatic heterocycles. The predicted octanol–water partition coefficient (Wildman–Crippen LogP) is 1.69. The van der Waals surface area contributed by atoms with Crippen molar-refractivity contribution in [2.24, 2.45) is 0 Å². The summed E-state index contributed by atoms with van der Waals surface area (Å²) in [5.74, 6) is -0.309. The molecule has 0 spiro atoms. The van der Waals surface area contributed by atoms with Crippen LogP contribution in [-0.2, 0) is 36.7 Å². The fraction of sp³-hybridized carbons (Fsp3) is 0. The summed E-state index contributed by atoms with van der Waals surface area (Å²) >= 11 is 0. The van der Waals surface area contributed by atoms with Gasteiger partial charge in [-0.2, -0.15) is 0 Å². The molecule has 0 bridgehead atoms. The SMILES string of the molecule is O=S(=O)([O-])c1ccc(O)c2ncccc12.O=S(=O)([O-])c1ccc(O)c2ncccc12.[Ni]. The first-order valence-corrected chi connectivity index (χ1v) is 10.9. The van der Waals surface area contributed by atoms with Gasteiger partial charge in [0.05, 0.1) is 9.79 Å². The molecule has 2 heterocycles. The van der Waals surface area contributed by atoms with Crippen molar-refractivity contribution in [2.45, 2.75) is 9.79 Å². The van der Waals surface area contributed by atoms with E-state index in [2.05, 4.69) is 9.97 Å². The van der Waals surface area contributed by atoms with Gasteiger partial charge in [-0.05, 0) is 48.5 Å². The number of benzene rings is 2. The third-order valence-corrected chi connectivity index (χ3v) is 5.74. The third kappa shape index (κ3) is 5.27. The molecular formula is C18H12N2NiO8S2-2. The van der Waals surface area contributed by atoms with E-state index >= 15 is 0 Å². The maximum atomic E-state index is 10.9. The first-order valence-electron chi connectivity index (χ1n) is 8.05. The third-order valence-electron chi connectivity index (χ3n) is 3.96. The van der Waals surface area contributed by atoms with Crippen molar-refractivity contribution in [3.05, 3.63) is 60.9 Å². The minimum atomic E-state index is -4.55. The number of phenolic OH excluding ortho intramolecular Hbond substituents is 2. The van der Waals surface area contributed by atoms with Crippen LogP contribution in [0, 0.1) is 0 Å². The Kier molecular flexibility index (Phi) is 7.19. The summed E-state index contributed by atoms with van der Waals surface area (Å²) in [6, 6.07) is 10.3. The Labute approximate surface area is 186 Å². The van der Waals surface area contributed by atoms with Crippen LogP contribution in [0.5, 0.6) is 11.5 Å². The zero-order chi connectivity index (χ0) is 22.1. The quantitative estimate of drug-likeness (QED) is 0.299. The minimum Gasteiger partial charge on any atom is -0.744 e. The van der Waals surface area contributed by atoms with Gasteiger partial charge in [-0.1, -0.05) is 0 Å². The Morgan fingerprint density at radius 2 is 1.00 bits per heavy atom. The molecule has 0 saturated heterocycles. The molecule has 10 nitrogen and oxygen atoms in total. The maximum absolute atomic E-state index is 10.9. The number of fused-ring (bicyclic) bond motifs is 2. The number of pyridine rings is 2. The van der Waals surface area contributed by atoms with E-state index in [-0.39, 0.29) is 59.6 Å². The number of phenols is 2. The van der Waals surface area contributed by atoms with Gasteiger partial charge < -0.3 is 19.3 Å². The van der Waals surface area contributed by atoms with Crippen molar-refractivity contribution in [3.8, 4) is 11.5 Å². The zero-order valence-electron chi connectivity index (χ0n) is 15.1. The van der Waals surface area contributed by atoms with E-state index in [0.717, 1.165) is 24.3 Å². The molecule has 4 aromatic rings. The molecule has 4 rings (SSSR count). The van der Waals surface area contributed by atoms with Gasteiger partial charge in [0.1, 0.15) is 42.8 Å². The molecule has 31 heavy (non-hydrogen) atoms. The van der Waals surface area contributed by atoms with Crippen LogP contribution in [0.4, 0.5) is 0 Å². The average molecular weight is 507 g/mol. The van der Waals surface area contributed by atoms with Crippen LogP contribution < -0.4 is 0 Å². The molecule has 0 amide bonds. The maximum Gasteiger partial charge on any atom is 0.141 e.